The fraction of sp³-hybridized carbons (Fsp3) is 0.125. The molecule has 0 aliphatic rings. The van der Waals surface area contributed by atoms with Gasteiger partial charge in [-0.1, -0.05) is 48.0 Å². The first kappa shape index (κ1) is 23.7. The highest BCUT2D eigenvalue weighted by Gasteiger charge is 2.18. The second kappa shape index (κ2) is 10.1. The standard InChI is InChI=1S/C24H23N3O5S/c1-17-7-9-18(10-8-17)16-27(33(2,31)32)21-13-11-19(12-14-21)23(28)26-25-15-20-5-3-4-6-22(20)24(29)30/h3-15H,16H2,1-2H3,(H,26,28)(H,29,30)/b25-15-. The summed E-state index contributed by atoms with van der Waals surface area (Å²) in [7, 11) is -3.55. The van der Waals surface area contributed by atoms with Crippen molar-refractivity contribution in [2.75, 3.05) is 10.6 Å². The zero-order valence-electron chi connectivity index (χ0n) is 18.1. The third kappa shape index (κ3) is 6.27. The molecule has 0 heterocycles. The molecule has 3 rings (SSSR count). The maximum absolute atomic E-state index is 12.4. The van der Waals surface area contributed by atoms with Crippen molar-refractivity contribution in [3.8, 4) is 0 Å². The SMILES string of the molecule is Cc1ccc(CN(c2ccc(C(=O)N/N=C\c3ccccc3C(=O)O)cc2)S(C)(=O)=O)cc1. The van der Waals surface area contributed by atoms with E-state index in [0.29, 0.717) is 11.3 Å². The van der Waals surface area contributed by atoms with E-state index in [0.717, 1.165) is 17.4 Å². The summed E-state index contributed by atoms with van der Waals surface area (Å²) in [4.78, 5) is 23.6. The van der Waals surface area contributed by atoms with Crippen molar-refractivity contribution in [3.05, 3.63) is 101 Å². The largest absolute Gasteiger partial charge is 0.478 e. The van der Waals surface area contributed by atoms with Gasteiger partial charge >= 0.3 is 5.97 Å². The van der Waals surface area contributed by atoms with E-state index in [1.165, 1.54) is 28.7 Å². The minimum Gasteiger partial charge on any atom is -0.478 e. The Morgan fingerprint density at radius 1 is 1.00 bits per heavy atom. The van der Waals surface area contributed by atoms with Crippen molar-refractivity contribution in [2.24, 2.45) is 5.10 Å². The molecule has 3 aromatic rings. The molecule has 0 fully saturated rings. The van der Waals surface area contributed by atoms with Crippen LogP contribution in [0.4, 0.5) is 5.69 Å². The van der Waals surface area contributed by atoms with Crippen LogP contribution in [-0.4, -0.2) is 37.9 Å². The molecule has 170 valence electrons. The van der Waals surface area contributed by atoms with Crippen molar-refractivity contribution in [2.45, 2.75) is 13.5 Å². The third-order valence-electron chi connectivity index (χ3n) is 4.83. The number of carboxylic acid groups (broad SMARTS) is 1. The predicted octanol–water partition coefficient (Wildman–Crippen LogP) is 3.42. The zero-order chi connectivity index (χ0) is 24.0. The number of rotatable bonds is 8. The van der Waals surface area contributed by atoms with E-state index in [2.05, 4.69) is 10.5 Å². The summed E-state index contributed by atoms with van der Waals surface area (Å²) in [5, 5.41) is 13.0. The fourth-order valence-electron chi connectivity index (χ4n) is 3.07. The first-order valence-electron chi connectivity index (χ1n) is 9.94. The Balaban J connectivity index is 1.73. The molecular weight excluding hydrogens is 442 g/mol. The van der Waals surface area contributed by atoms with E-state index in [1.807, 2.05) is 31.2 Å². The number of aromatic carboxylic acids is 1. The lowest BCUT2D eigenvalue weighted by atomic mass is 10.1. The number of anilines is 1. The molecule has 0 aliphatic heterocycles. The average Bonchev–Trinajstić information content (AvgIpc) is 2.78. The molecule has 0 radical (unpaired) electrons. The van der Waals surface area contributed by atoms with Gasteiger partial charge in [0.15, 0.2) is 0 Å². The van der Waals surface area contributed by atoms with E-state index in [-0.39, 0.29) is 17.7 Å². The lowest BCUT2D eigenvalue weighted by Gasteiger charge is -2.22. The summed E-state index contributed by atoms with van der Waals surface area (Å²) in [5.74, 6) is -1.62. The van der Waals surface area contributed by atoms with E-state index in [4.69, 9.17) is 0 Å². The Morgan fingerprint density at radius 3 is 2.24 bits per heavy atom. The minimum atomic E-state index is -3.55. The van der Waals surface area contributed by atoms with Crippen LogP contribution >= 0.6 is 0 Å². The summed E-state index contributed by atoms with van der Waals surface area (Å²) in [6, 6.07) is 19.9. The fourth-order valence-corrected chi connectivity index (χ4v) is 3.96. The van der Waals surface area contributed by atoms with Crippen molar-refractivity contribution in [3.63, 3.8) is 0 Å². The number of hydrogen-bond acceptors (Lipinski definition) is 5. The molecule has 0 unspecified atom stereocenters. The number of nitrogens with one attached hydrogen (secondary N) is 1. The van der Waals surface area contributed by atoms with E-state index in [1.54, 1.807) is 30.3 Å². The number of carboxylic acids is 1. The van der Waals surface area contributed by atoms with Crippen LogP contribution in [0, 0.1) is 6.92 Å². The molecule has 33 heavy (non-hydrogen) atoms. The minimum absolute atomic E-state index is 0.0642. The Labute approximate surface area is 192 Å². The van der Waals surface area contributed by atoms with Gasteiger partial charge in [0.05, 0.1) is 30.3 Å². The maximum atomic E-state index is 12.4. The molecule has 9 heteroatoms. The van der Waals surface area contributed by atoms with Gasteiger partial charge in [-0.2, -0.15) is 5.10 Å². The average molecular weight is 466 g/mol. The van der Waals surface area contributed by atoms with E-state index >= 15 is 0 Å². The van der Waals surface area contributed by atoms with Gasteiger partial charge in [0, 0.05) is 11.1 Å². The van der Waals surface area contributed by atoms with E-state index < -0.39 is 21.9 Å². The lowest BCUT2D eigenvalue weighted by molar-refractivity contribution is 0.0696. The van der Waals surface area contributed by atoms with Crippen molar-refractivity contribution >= 4 is 33.8 Å². The highest BCUT2D eigenvalue weighted by molar-refractivity contribution is 7.92. The molecule has 0 bridgehead atoms. The Hall–Kier alpha value is -3.98. The monoisotopic (exact) mass is 465 g/mol. The highest BCUT2D eigenvalue weighted by atomic mass is 32.2. The van der Waals surface area contributed by atoms with Gasteiger partial charge in [-0.15, -0.1) is 0 Å². The van der Waals surface area contributed by atoms with Crippen LogP contribution in [0.2, 0.25) is 0 Å². The second-order valence-corrected chi connectivity index (χ2v) is 9.30. The number of benzene rings is 3. The summed E-state index contributed by atoms with van der Waals surface area (Å²) in [6.07, 6.45) is 2.38. The summed E-state index contributed by atoms with van der Waals surface area (Å²) < 4.78 is 26.0. The molecule has 0 saturated carbocycles. The number of hydrogen-bond donors (Lipinski definition) is 2. The first-order chi connectivity index (χ1) is 15.6. The van der Waals surface area contributed by atoms with Crippen molar-refractivity contribution in [1.29, 1.82) is 0 Å². The summed E-state index contributed by atoms with van der Waals surface area (Å²) in [6.45, 7) is 2.12. The normalized spacial score (nSPS) is 11.3. The molecule has 8 nitrogen and oxygen atoms in total. The number of amides is 1. The van der Waals surface area contributed by atoms with Crippen LogP contribution in [0.3, 0.4) is 0 Å². The van der Waals surface area contributed by atoms with Crippen LogP contribution in [-0.2, 0) is 16.6 Å². The van der Waals surface area contributed by atoms with Crippen molar-refractivity contribution in [1.82, 2.24) is 5.43 Å². The molecule has 0 saturated heterocycles. The van der Waals surface area contributed by atoms with Crippen molar-refractivity contribution < 1.29 is 23.1 Å². The number of sulfonamides is 1. The maximum Gasteiger partial charge on any atom is 0.336 e. The van der Waals surface area contributed by atoms with Gasteiger partial charge in [0.2, 0.25) is 10.0 Å². The van der Waals surface area contributed by atoms with Gasteiger partial charge < -0.3 is 5.11 Å². The number of aryl methyl sites for hydroxylation is 1. The Morgan fingerprint density at radius 2 is 1.64 bits per heavy atom. The predicted molar refractivity (Wildman–Crippen MR) is 127 cm³/mol. The summed E-state index contributed by atoms with van der Waals surface area (Å²) >= 11 is 0. The quantitative estimate of drug-likeness (QED) is 0.391. The highest BCUT2D eigenvalue weighted by Crippen LogP contribution is 2.21. The van der Waals surface area contributed by atoms with Gasteiger partial charge in [-0.25, -0.2) is 18.6 Å². The molecule has 2 N–H and O–H groups in total. The molecule has 1 amide bonds. The van der Waals surface area contributed by atoms with Gasteiger partial charge in [0.25, 0.3) is 5.91 Å². The molecule has 0 spiro atoms. The number of carbonyl (C=O) groups is 2. The van der Waals surface area contributed by atoms with Crippen LogP contribution in [0.1, 0.15) is 37.4 Å². The van der Waals surface area contributed by atoms with Crippen LogP contribution in [0.25, 0.3) is 0 Å². The zero-order valence-corrected chi connectivity index (χ0v) is 18.9. The van der Waals surface area contributed by atoms with Crippen LogP contribution < -0.4 is 9.73 Å². The molecule has 0 atom stereocenters. The molecular formula is C24H23N3O5S. The number of hydrazone groups is 1. The molecule has 3 aromatic carbocycles. The van der Waals surface area contributed by atoms with E-state index in [9.17, 15) is 23.1 Å². The van der Waals surface area contributed by atoms with Crippen LogP contribution in [0.5, 0.6) is 0 Å². The topological polar surface area (TPSA) is 116 Å². The second-order valence-electron chi connectivity index (χ2n) is 7.39. The van der Waals surface area contributed by atoms with Crippen LogP contribution in [0.15, 0.2) is 77.9 Å². The summed E-state index contributed by atoms with van der Waals surface area (Å²) in [5.41, 5.74) is 5.36. The molecule has 0 aromatic heterocycles. The van der Waals surface area contributed by atoms with Gasteiger partial charge in [-0.05, 0) is 42.8 Å². The van der Waals surface area contributed by atoms with Gasteiger partial charge in [0.1, 0.15) is 0 Å². The Bertz CT molecular complexity index is 1280. The molecule has 0 aliphatic carbocycles. The Kier molecular flexibility index (Phi) is 7.24. The number of nitrogens with zero attached hydrogens (tertiary/aromatic N) is 2. The first-order valence-corrected chi connectivity index (χ1v) is 11.8. The lowest BCUT2D eigenvalue weighted by Crippen LogP contribution is -2.29. The smallest absolute Gasteiger partial charge is 0.336 e. The van der Waals surface area contributed by atoms with Gasteiger partial charge in [-0.3, -0.25) is 9.10 Å². The third-order valence-corrected chi connectivity index (χ3v) is 5.97. The number of carbonyl (C=O) groups excluding carboxylic acids is 1.